The van der Waals surface area contributed by atoms with Gasteiger partial charge < -0.3 is 15.7 Å². The van der Waals surface area contributed by atoms with E-state index in [-0.39, 0.29) is 18.5 Å². The second-order valence-corrected chi connectivity index (χ2v) is 5.90. The summed E-state index contributed by atoms with van der Waals surface area (Å²) < 4.78 is 0. The summed E-state index contributed by atoms with van der Waals surface area (Å²) in [6, 6.07) is 1.78. The summed E-state index contributed by atoms with van der Waals surface area (Å²) >= 11 is 1.55. The maximum atomic E-state index is 12.1. The van der Waals surface area contributed by atoms with Crippen LogP contribution in [0.4, 0.5) is 0 Å². The smallest absolute Gasteiger partial charge is 0.237 e. The Labute approximate surface area is 118 Å². The maximum absolute atomic E-state index is 12.1. The average Bonchev–Trinajstić information content (AvgIpc) is 2.98. The third-order valence-electron chi connectivity index (χ3n) is 3.80. The first kappa shape index (κ1) is 14.5. The molecule has 1 aromatic rings. The van der Waals surface area contributed by atoms with E-state index < -0.39 is 6.10 Å². The summed E-state index contributed by atoms with van der Waals surface area (Å²) in [7, 11) is 0. The third-order valence-corrected chi connectivity index (χ3v) is 4.51. The predicted molar refractivity (Wildman–Crippen MR) is 77.1 cm³/mol. The molecule has 3 atom stereocenters. The Kier molecular flexibility index (Phi) is 5.36. The number of thiophene rings is 1. The number of amides is 1. The standard InChI is InChI=1S/C14H22N2O2S/c1-2-10-3-5-15-12(7-10)14(18)16-8-13(17)11-4-6-19-9-11/h4,6,9-10,12-13,15,17H,2-3,5,7-8H2,1H3,(H,16,18). The van der Waals surface area contributed by atoms with Gasteiger partial charge in [0.05, 0.1) is 12.1 Å². The van der Waals surface area contributed by atoms with Crippen molar-refractivity contribution in [3.63, 3.8) is 0 Å². The minimum atomic E-state index is -0.610. The van der Waals surface area contributed by atoms with E-state index in [1.807, 2.05) is 16.8 Å². The van der Waals surface area contributed by atoms with Crippen LogP contribution in [0.3, 0.4) is 0 Å². The number of hydrogen-bond acceptors (Lipinski definition) is 4. The zero-order valence-corrected chi connectivity index (χ0v) is 12.1. The summed E-state index contributed by atoms with van der Waals surface area (Å²) in [6.45, 7) is 3.36. The van der Waals surface area contributed by atoms with Crippen molar-refractivity contribution in [2.75, 3.05) is 13.1 Å². The molecule has 4 nitrogen and oxygen atoms in total. The zero-order chi connectivity index (χ0) is 13.7. The Morgan fingerprint density at radius 2 is 2.53 bits per heavy atom. The van der Waals surface area contributed by atoms with Crippen molar-refractivity contribution in [3.8, 4) is 0 Å². The summed E-state index contributed by atoms with van der Waals surface area (Å²) in [5, 5.41) is 19.8. The van der Waals surface area contributed by atoms with E-state index in [1.165, 1.54) is 0 Å². The Bertz CT molecular complexity index is 394. The highest BCUT2D eigenvalue weighted by Crippen LogP contribution is 2.19. The summed E-state index contributed by atoms with van der Waals surface area (Å²) in [6.07, 6.45) is 2.57. The Hall–Kier alpha value is -0.910. The van der Waals surface area contributed by atoms with Crippen molar-refractivity contribution >= 4 is 17.2 Å². The third kappa shape index (κ3) is 4.03. The fraction of sp³-hybridized carbons (Fsp3) is 0.643. The minimum absolute atomic E-state index is 0.00688. The number of rotatable bonds is 5. The van der Waals surface area contributed by atoms with Crippen molar-refractivity contribution < 1.29 is 9.90 Å². The molecule has 0 aromatic carbocycles. The van der Waals surface area contributed by atoms with Crippen LogP contribution in [0, 0.1) is 5.92 Å². The molecule has 0 saturated carbocycles. The molecule has 0 radical (unpaired) electrons. The lowest BCUT2D eigenvalue weighted by molar-refractivity contribution is -0.124. The van der Waals surface area contributed by atoms with E-state index in [4.69, 9.17) is 0 Å². The molecule has 3 unspecified atom stereocenters. The van der Waals surface area contributed by atoms with Gasteiger partial charge in [0.1, 0.15) is 0 Å². The zero-order valence-electron chi connectivity index (χ0n) is 11.3. The van der Waals surface area contributed by atoms with Gasteiger partial charge in [0, 0.05) is 6.54 Å². The van der Waals surface area contributed by atoms with Crippen LogP contribution in [-0.4, -0.2) is 30.1 Å². The molecule has 1 saturated heterocycles. The summed E-state index contributed by atoms with van der Waals surface area (Å²) in [5.41, 5.74) is 0.869. The highest BCUT2D eigenvalue weighted by atomic mass is 32.1. The molecule has 106 valence electrons. The van der Waals surface area contributed by atoms with Crippen molar-refractivity contribution in [1.29, 1.82) is 0 Å². The molecule has 1 amide bonds. The molecule has 19 heavy (non-hydrogen) atoms. The minimum Gasteiger partial charge on any atom is -0.387 e. The van der Waals surface area contributed by atoms with Gasteiger partial charge in [-0.3, -0.25) is 4.79 Å². The molecule has 3 N–H and O–H groups in total. The monoisotopic (exact) mass is 282 g/mol. The molecule has 2 heterocycles. The molecule has 5 heteroatoms. The first-order valence-corrected chi connectivity index (χ1v) is 7.86. The molecule has 1 aliphatic rings. The van der Waals surface area contributed by atoms with Gasteiger partial charge in [0.2, 0.25) is 5.91 Å². The summed E-state index contributed by atoms with van der Waals surface area (Å²) in [5.74, 6) is 0.645. The lowest BCUT2D eigenvalue weighted by Crippen LogP contribution is -2.49. The van der Waals surface area contributed by atoms with Crippen LogP contribution >= 0.6 is 11.3 Å². The van der Waals surface area contributed by atoms with Crippen molar-refractivity contribution in [1.82, 2.24) is 10.6 Å². The predicted octanol–water partition coefficient (Wildman–Crippen LogP) is 1.68. The van der Waals surface area contributed by atoms with Crippen molar-refractivity contribution in [3.05, 3.63) is 22.4 Å². The largest absolute Gasteiger partial charge is 0.387 e. The first-order chi connectivity index (χ1) is 9.20. The normalized spacial score (nSPS) is 24.9. The molecular formula is C14H22N2O2S. The second-order valence-electron chi connectivity index (χ2n) is 5.12. The summed E-state index contributed by atoms with van der Waals surface area (Å²) in [4.78, 5) is 12.1. The molecule has 0 bridgehead atoms. The van der Waals surface area contributed by atoms with Gasteiger partial charge in [-0.1, -0.05) is 13.3 Å². The van der Waals surface area contributed by atoms with Gasteiger partial charge in [0.25, 0.3) is 0 Å². The van der Waals surface area contributed by atoms with Crippen LogP contribution in [0.25, 0.3) is 0 Å². The Morgan fingerprint density at radius 3 is 3.21 bits per heavy atom. The molecule has 2 rings (SSSR count). The number of piperidine rings is 1. The van der Waals surface area contributed by atoms with E-state index in [0.29, 0.717) is 5.92 Å². The molecule has 1 aliphatic heterocycles. The van der Waals surface area contributed by atoms with Crippen LogP contribution in [0.1, 0.15) is 37.9 Å². The Morgan fingerprint density at radius 1 is 1.68 bits per heavy atom. The van der Waals surface area contributed by atoms with Crippen LogP contribution in [-0.2, 0) is 4.79 Å². The second kappa shape index (κ2) is 7.03. The van der Waals surface area contributed by atoms with Gasteiger partial charge in [-0.25, -0.2) is 0 Å². The van der Waals surface area contributed by atoms with E-state index in [9.17, 15) is 9.90 Å². The number of aliphatic hydroxyl groups excluding tert-OH is 1. The van der Waals surface area contributed by atoms with Gasteiger partial charge in [-0.2, -0.15) is 11.3 Å². The number of hydrogen-bond donors (Lipinski definition) is 3. The molecule has 0 aliphatic carbocycles. The van der Waals surface area contributed by atoms with Crippen molar-refractivity contribution in [2.45, 2.75) is 38.3 Å². The van der Waals surface area contributed by atoms with E-state index >= 15 is 0 Å². The fourth-order valence-electron chi connectivity index (χ4n) is 2.47. The van der Waals surface area contributed by atoms with Crippen LogP contribution in [0.2, 0.25) is 0 Å². The number of nitrogens with one attached hydrogen (secondary N) is 2. The first-order valence-electron chi connectivity index (χ1n) is 6.92. The van der Waals surface area contributed by atoms with Gasteiger partial charge in [-0.05, 0) is 47.7 Å². The lowest BCUT2D eigenvalue weighted by Gasteiger charge is -2.29. The molecule has 1 aromatic heterocycles. The average molecular weight is 282 g/mol. The Balaban J connectivity index is 1.77. The lowest BCUT2D eigenvalue weighted by atomic mass is 9.90. The highest BCUT2D eigenvalue weighted by molar-refractivity contribution is 7.07. The van der Waals surface area contributed by atoms with Crippen LogP contribution < -0.4 is 10.6 Å². The van der Waals surface area contributed by atoms with Gasteiger partial charge in [-0.15, -0.1) is 0 Å². The topological polar surface area (TPSA) is 61.4 Å². The van der Waals surface area contributed by atoms with Crippen molar-refractivity contribution in [2.24, 2.45) is 5.92 Å². The molecular weight excluding hydrogens is 260 g/mol. The number of aliphatic hydroxyl groups is 1. The fourth-order valence-corrected chi connectivity index (χ4v) is 3.18. The number of carbonyl (C=O) groups excluding carboxylic acids is 1. The van der Waals surface area contributed by atoms with Crippen LogP contribution in [0.15, 0.2) is 16.8 Å². The van der Waals surface area contributed by atoms with E-state index in [1.54, 1.807) is 11.3 Å². The van der Waals surface area contributed by atoms with E-state index in [2.05, 4.69) is 17.6 Å². The quantitative estimate of drug-likeness (QED) is 0.770. The maximum Gasteiger partial charge on any atom is 0.237 e. The highest BCUT2D eigenvalue weighted by Gasteiger charge is 2.26. The van der Waals surface area contributed by atoms with Gasteiger partial charge >= 0.3 is 0 Å². The van der Waals surface area contributed by atoms with Crippen LogP contribution in [0.5, 0.6) is 0 Å². The van der Waals surface area contributed by atoms with E-state index in [0.717, 1.165) is 31.4 Å². The molecule has 1 fully saturated rings. The van der Waals surface area contributed by atoms with Gasteiger partial charge in [0.15, 0.2) is 0 Å². The number of carbonyl (C=O) groups is 1. The SMILES string of the molecule is CCC1CCNC(C(=O)NCC(O)c2ccsc2)C1. The molecule has 0 spiro atoms.